The third kappa shape index (κ3) is 3.73. The summed E-state index contributed by atoms with van der Waals surface area (Å²) in [6, 6.07) is 10.4. The van der Waals surface area contributed by atoms with Crippen molar-refractivity contribution in [3.8, 4) is 5.75 Å². The molecule has 128 valence electrons. The summed E-state index contributed by atoms with van der Waals surface area (Å²) in [6.45, 7) is 1.46. The summed E-state index contributed by atoms with van der Waals surface area (Å²) in [5.74, 6) is 1.53. The number of amides is 1. The molecule has 0 bridgehead atoms. The lowest BCUT2D eigenvalue weighted by Gasteiger charge is -2.21. The van der Waals surface area contributed by atoms with Crippen LogP contribution < -0.4 is 10.1 Å². The Bertz CT molecular complexity index is 799. The number of nitrogens with one attached hydrogen (secondary N) is 1. The molecule has 1 atom stereocenters. The second kappa shape index (κ2) is 7.09. The lowest BCUT2D eigenvalue weighted by molar-refractivity contribution is -0.123. The fourth-order valence-corrected chi connectivity index (χ4v) is 3.59. The van der Waals surface area contributed by atoms with Gasteiger partial charge in [-0.15, -0.1) is 0 Å². The Labute approximate surface area is 147 Å². The van der Waals surface area contributed by atoms with Crippen LogP contribution in [0.3, 0.4) is 0 Å². The highest BCUT2D eigenvalue weighted by molar-refractivity contribution is 5.88. The molecule has 0 radical (unpaired) electrons. The van der Waals surface area contributed by atoms with Gasteiger partial charge in [-0.25, -0.2) is 0 Å². The number of ether oxygens (including phenoxy) is 1. The molecular weight excluding hydrogens is 312 g/mol. The van der Waals surface area contributed by atoms with Gasteiger partial charge >= 0.3 is 0 Å². The van der Waals surface area contributed by atoms with Gasteiger partial charge in [-0.1, -0.05) is 18.2 Å². The van der Waals surface area contributed by atoms with Gasteiger partial charge in [-0.2, -0.15) is 0 Å². The molecular formula is C21H22N2O2. The molecule has 1 unspecified atom stereocenters. The van der Waals surface area contributed by atoms with Gasteiger partial charge in [0.15, 0.2) is 0 Å². The van der Waals surface area contributed by atoms with Crippen LogP contribution >= 0.6 is 0 Å². The van der Waals surface area contributed by atoms with Gasteiger partial charge < -0.3 is 10.1 Å². The number of carbonyl (C=O) groups is 1. The van der Waals surface area contributed by atoms with E-state index in [4.69, 9.17) is 4.74 Å². The second-order valence-electron chi connectivity index (χ2n) is 6.79. The number of piperidine rings is 1. The first-order valence-electron chi connectivity index (χ1n) is 8.91. The van der Waals surface area contributed by atoms with E-state index in [0.717, 1.165) is 31.6 Å². The van der Waals surface area contributed by atoms with E-state index in [1.165, 1.54) is 22.3 Å². The van der Waals surface area contributed by atoms with Gasteiger partial charge in [0.2, 0.25) is 5.91 Å². The average Bonchev–Trinajstić information content (AvgIpc) is 3.06. The zero-order valence-electron chi connectivity index (χ0n) is 14.2. The van der Waals surface area contributed by atoms with Gasteiger partial charge in [0, 0.05) is 25.4 Å². The number of benzene rings is 1. The van der Waals surface area contributed by atoms with Crippen molar-refractivity contribution in [2.45, 2.75) is 25.7 Å². The van der Waals surface area contributed by atoms with Gasteiger partial charge in [-0.3, -0.25) is 9.78 Å². The summed E-state index contributed by atoms with van der Waals surface area (Å²) in [7, 11) is 0. The van der Waals surface area contributed by atoms with Gasteiger partial charge in [0.1, 0.15) is 5.75 Å². The molecule has 1 amide bonds. The zero-order valence-corrected chi connectivity index (χ0v) is 14.2. The number of fused-ring (bicyclic) bond motifs is 1. The van der Waals surface area contributed by atoms with Crippen molar-refractivity contribution in [2.24, 2.45) is 5.92 Å². The summed E-state index contributed by atoms with van der Waals surface area (Å²) in [5.41, 5.74) is 5.04. The van der Waals surface area contributed by atoms with E-state index >= 15 is 0 Å². The van der Waals surface area contributed by atoms with Crippen LogP contribution in [-0.2, 0) is 11.2 Å². The Morgan fingerprint density at radius 3 is 3.08 bits per heavy atom. The minimum atomic E-state index is 0.169. The van der Waals surface area contributed by atoms with E-state index in [-0.39, 0.29) is 5.91 Å². The van der Waals surface area contributed by atoms with Crippen LogP contribution in [0, 0.1) is 5.92 Å². The number of rotatable bonds is 5. The van der Waals surface area contributed by atoms with Crippen molar-refractivity contribution >= 4 is 17.6 Å². The standard InChI is InChI=1S/C21H22N2O2/c24-21-10-15(5-8-23-21)6-9-25-20-4-3-16-11-18(12-19(16)13-20)17-2-1-7-22-14-17/h1-4,7,11,13-15H,5-6,8-10,12H2,(H,23,24). The van der Waals surface area contributed by atoms with Crippen LogP contribution in [0.1, 0.15) is 36.0 Å². The molecule has 2 aliphatic rings. The predicted octanol–water partition coefficient (Wildman–Crippen LogP) is 3.47. The highest BCUT2D eigenvalue weighted by atomic mass is 16.5. The van der Waals surface area contributed by atoms with Crippen LogP contribution in [0.25, 0.3) is 11.6 Å². The van der Waals surface area contributed by atoms with Crippen molar-refractivity contribution in [1.82, 2.24) is 10.3 Å². The molecule has 25 heavy (non-hydrogen) atoms. The van der Waals surface area contributed by atoms with Gasteiger partial charge in [0.05, 0.1) is 6.61 Å². The van der Waals surface area contributed by atoms with Gasteiger partial charge in [-0.05, 0) is 65.6 Å². The first-order valence-corrected chi connectivity index (χ1v) is 8.91. The quantitative estimate of drug-likeness (QED) is 0.911. The van der Waals surface area contributed by atoms with Crippen molar-refractivity contribution < 1.29 is 9.53 Å². The largest absolute Gasteiger partial charge is 0.494 e. The molecule has 4 rings (SSSR count). The van der Waals surface area contributed by atoms with E-state index in [1.54, 1.807) is 6.20 Å². The van der Waals surface area contributed by atoms with E-state index < -0.39 is 0 Å². The maximum absolute atomic E-state index is 11.4. The summed E-state index contributed by atoms with van der Waals surface area (Å²) < 4.78 is 5.94. The molecule has 0 spiro atoms. The number of aromatic nitrogens is 1. The molecule has 4 heteroatoms. The fraction of sp³-hybridized carbons (Fsp3) is 0.333. The molecule has 2 heterocycles. The van der Waals surface area contributed by atoms with Crippen molar-refractivity contribution in [3.05, 3.63) is 59.4 Å². The molecule has 0 saturated carbocycles. The Morgan fingerprint density at radius 1 is 1.28 bits per heavy atom. The topological polar surface area (TPSA) is 51.2 Å². The number of nitrogens with zero attached hydrogens (tertiary/aromatic N) is 1. The SMILES string of the molecule is O=C1CC(CCOc2ccc3c(c2)CC(c2cccnc2)=C3)CCN1. The molecule has 1 saturated heterocycles. The van der Waals surface area contributed by atoms with Gasteiger partial charge in [0.25, 0.3) is 0 Å². The minimum absolute atomic E-state index is 0.169. The third-order valence-electron chi connectivity index (χ3n) is 5.00. The van der Waals surface area contributed by atoms with Crippen molar-refractivity contribution in [3.63, 3.8) is 0 Å². The van der Waals surface area contributed by atoms with Crippen LogP contribution in [0.15, 0.2) is 42.7 Å². The van der Waals surface area contributed by atoms with Crippen LogP contribution in [0.2, 0.25) is 0 Å². The number of allylic oxidation sites excluding steroid dienone is 1. The Balaban J connectivity index is 1.34. The highest BCUT2D eigenvalue weighted by Crippen LogP contribution is 2.33. The fourth-order valence-electron chi connectivity index (χ4n) is 3.59. The minimum Gasteiger partial charge on any atom is -0.494 e. The zero-order chi connectivity index (χ0) is 17.1. The normalized spacial score (nSPS) is 19.1. The molecule has 1 aromatic heterocycles. The molecule has 2 aromatic rings. The van der Waals surface area contributed by atoms with E-state index in [0.29, 0.717) is 18.9 Å². The molecule has 4 nitrogen and oxygen atoms in total. The first-order chi connectivity index (χ1) is 12.3. The van der Waals surface area contributed by atoms with Crippen molar-refractivity contribution in [2.75, 3.05) is 13.2 Å². The molecule has 1 fully saturated rings. The first kappa shape index (κ1) is 15.9. The lowest BCUT2D eigenvalue weighted by Crippen LogP contribution is -2.34. The van der Waals surface area contributed by atoms with Crippen molar-refractivity contribution in [1.29, 1.82) is 0 Å². The molecule has 1 aromatic carbocycles. The summed E-state index contributed by atoms with van der Waals surface area (Å²) in [6.07, 6.45) is 9.48. The summed E-state index contributed by atoms with van der Waals surface area (Å²) in [5, 5.41) is 2.88. The highest BCUT2D eigenvalue weighted by Gasteiger charge is 2.19. The lowest BCUT2D eigenvalue weighted by atomic mass is 9.95. The summed E-state index contributed by atoms with van der Waals surface area (Å²) >= 11 is 0. The number of pyridine rings is 1. The van der Waals surface area contributed by atoms with E-state index in [2.05, 4.69) is 34.6 Å². The monoisotopic (exact) mass is 334 g/mol. The van der Waals surface area contributed by atoms with E-state index in [1.807, 2.05) is 18.3 Å². The van der Waals surface area contributed by atoms with Crippen LogP contribution in [0.4, 0.5) is 0 Å². The van der Waals surface area contributed by atoms with Crippen LogP contribution in [0.5, 0.6) is 5.75 Å². The average molecular weight is 334 g/mol. The molecule has 1 N–H and O–H groups in total. The maximum atomic E-state index is 11.4. The smallest absolute Gasteiger partial charge is 0.220 e. The van der Waals surface area contributed by atoms with E-state index in [9.17, 15) is 4.79 Å². The second-order valence-corrected chi connectivity index (χ2v) is 6.79. The number of hydrogen-bond acceptors (Lipinski definition) is 3. The Kier molecular flexibility index (Phi) is 4.51. The third-order valence-corrected chi connectivity index (χ3v) is 5.00. The Morgan fingerprint density at radius 2 is 2.24 bits per heavy atom. The number of carbonyl (C=O) groups excluding carboxylic acids is 1. The number of hydrogen-bond donors (Lipinski definition) is 1. The maximum Gasteiger partial charge on any atom is 0.220 e. The predicted molar refractivity (Wildman–Crippen MR) is 98.1 cm³/mol. The van der Waals surface area contributed by atoms with Crippen LogP contribution in [-0.4, -0.2) is 24.0 Å². The molecule has 1 aliphatic carbocycles. The molecule has 1 aliphatic heterocycles. The summed E-state index contributed by atoms with van der Waals surface area (Å²) in [4.78, 5) is 15.6. The Hall–Kier alpha value is -2.62.